The molecule has 0 radical (unpaired) electrons. The largest absolute Gasteiger partial charge is 0.322 e. The van der Waals surface area contributed by atoms with Crippen molar-refractivity contribution >= 4 is 21.6 Å². The molecule has 0 spiro atoms. The van der Waals surface area contributed by atoms with Crippen molar-refractivity contribution in [1.29, 1.82) is 0 Å². The highest BCUT2D eigenvalue weighted by atomic mass is 32.2. The van der Waals surface area contributed by atoms with Gasteiger partial charge < -0.3 is 5.32 Å². The van der Waals surface area contributed by atoms with Gasteiger partial charge in [-0.15, -0.1) is 0 Å². The summed E-state index contributed by atoms with van der Waals surface area (Å²) in [4.78, 5) is 12.9. The fourth-order valence-corrected chi connectivity index (χ4v) is 5.05. The SMILES string of the molecule is CCCCN(CCCC)S(=O)(=O)c1ccc(NC(=O)c2ccc(-c3ccccc3)cc2)cc1. The molecule has 0 unspecified atom stereocenters. The van der Waals surface area contributed by atoms with Gasteiger partial charge in [-0.25, -0.2) is 8.42 Å². The first-order valence-corrected chi connectivity index (χ1v) is 13.0. The second kappa shape index (κ2) is 11.8. The Hall–Kier alpha value is -2.96. The van der Waals surface area contributed by atoms with Gasteiger partial charge in [0.25, 0.3) is 5.91 Å². The third-order valence-electron chi connectivity index (χ3n) is 5.53. The normalized spacial score (nSPS) is 11.5. The van der Waals surface area contributed by atoms with Crippen LogP contribution in [0.2, 0.25) is 0 Å². The quantitative estimate of drug-likeness (QED) is 0.367. The number of carbonyl (C=O) groups excluding carboxylic acids is 1. The fraction of sp³-hybridized carbons (Fsp3) is 0.296. The number of nitrogens with one attached hydrogen (secondary N) is 1. The predicted octanol–water partition coefficient (Wildman–Crippen LogP) is 6.20. The van der Waals surface area contributed by atoms with Crippen molar-refractivity contribution < 1.29 is 13.2 Å². The standard InChI is InChI=1S/C27H32N2O3S/c1-3-5-20-29(21-6-4-2)33(31,32)26-18-16-25(17-19-26)28-27(30)24-14-12-23(13-15-24)22-10-8-7-9-11-22/h7-19H,3-6,20-21H2,1-2H3,(H,28,30). The lowest BCUT2D eigenvalue weighted by Crippen LogP contribution is -2.33. The Balaban J connectivity index is 1.68. The van der Waals surface area contributed by atoms with Crippen molar-refractivity contribution in [2.24, 2.45) is 0 Å². The Morgan fingerprint density at radius 1 is 0.758 bits per heavy atom. The highest BCUT2D eigenvalue weighted by molar-refractivity contribution is 7.89. The summed E-state index contributed by atoms with van der Waals surface area (Å²) < 4.78 is 27.7. The molecule has 3 aromatic rings. The van der Waals surface area contributed by atoms with E-state index in [9.17, 15) is 13.2 Å². The second-order valence-electron chi connectivity index (χ2n) is 8.03. The molecule has 0 aliphatic heterocycles. The lowest BCUT2D eigenvalue weighted by Gasteiger charge is -2.22. The molecule has 33 heavy (non-hydrogen) atoms. The smallest absolute Gasteiger partial charge is 0.255 e. The first kappa shape index (κ1) is 24.7. The molecule has 0 saturated heterocycles. The van der Waals surface area contributed by atoms with E-state index in [0.717, 1.165) is 36.8 Å². The highest BCUT2D eigenvalue weighted by Gasteiger charge is 2.23. The third kappa shape index (κ3) is 6.53. The van der Waals surface area contributed by atoms with Crippen molar-refractivity contribution in [3.63, 3.8) is 0 Å². The zero-order valence-corrected chi connectivity index (χ0v) is 20.1. The fourth-order valence-electron chi connectivity index (χ4n) is 3.53. The van der Waals surface area contributed by atoms with Gasteiger partial charge in [0.2, 0.25) is 10.0 Å². The first-order valence-electron chi connectivity index (χ1n) is 11.5. The van der Waals surface area contributed by atoms with Crippen molar-refractivity contribution in [2.75, 3.05) is 18.4 Å². The third-order valence-corrected chi connectivity index (χ3v) is 7.44. The van der Waals surface area contributed by atoms with Gasteiger partial charge in [0.05, 0.1) is 4.90 Å². The zero-order valence-electron chi connectivity index (χ0n) is 19.3. The first-order chi connectivity index (χ1) is 16.0. The van der Waals surface area contributed by atoms with Gasteiger partial charge in [0.1, 0.15) is 0 Å². The molecule has 174 valence electrons. The van der Waals surface area contributed by atoms with Crippen molar-refractivity contribution in [1.82, 2.24) is 4.31 Å². The maximum Gasteiger partial charge on any atom is 0.255 e. The summed E-state index contributed by atoms with van der Waals surface area (Å²) in [5.74, 6) is -0.238. The van der Waals surface area contributed by atoms with E-state index in [1.54, 1.807) is 40.7 Å². The van der Waals surface area contributed by atoms with Gasteiger partial charge in [0.15, 0.2) is 0 Å². The average Bonchev–Trinajstić information content (AvgIpc) is 2.85. The number of rotatable bonds is 11. The number of benzene rings is 3. The van der Waals surface area contributed by atoms with Crippen LogP contribution < -0.4 is 5.32 Å². The lowest BCUT2D eigenvalue weighted by molar-refractivity contribution is 0.102. The number of unbranched alkanes of at least 4 members (excludes halogenated alkanes) is 2. The number of sulfonamides is 1. The van der Waals surface area contributed by atoms with Gasteiger partial charge in [0, 0.05) is 24.3 Å². The average molecular weight is 465 g/mol. The van der Waals surface area contributed by atoms with E-state index in [2.05, 4.69) is 19.2 Å². The molecule has 1 N–H and O–H groups in total. The van der Waals surface area contributed by atoms with Crippen LogP contribution in [0.25, 0.3) is 11.1 Å². The summed E-state index contributed by atoms with van der Waals surface area (Å²) in [6.07, 6.45) is 3.55. The Labute approximate surface area is 197 Å². The molecule has 0 heterocycles. The Bertz CT molecular complexity index is 1120. The summed E-state index contributed by atoms with van der Waals surface area (Å²) >= 11 is 0. The molecule has 0 aromatic heterocycles. The molecular formula is C27H32N2O3S. The minimum atomic E-state index is -3.55. The number of anilines is 1. The van der Waals surface area contributed by atoms with Crippen LogP contribution >= 0.6 is 0 Å². The van der Waals surface area contributed by atoms with Gasteiger partial charge in [-0.3, -0.25) is 4.79 Å². The van der Waals surface area contributed by atoms with Crippen molar-refractivity contribution in [3.8, 4) is 11.1 Å². The van der Waals surface area contributed by atoms with Crippen LogP contribution in [0, 0.1) is 0 Å². The van der Waals surface area contributed by atoms with Gasteiger partial charge in [-0.1, -0.05) is 69.2 Å². The van der Waals surface area contributed by atoms with Crippen molar-refractivity contribution in [3.05, 3.63) is 84.4 Å². The minimum Gasteiger partial charge on any atom is -0.322 e. The monoisotopic (exact) mass is 464 g/mol. The Kier molecular flexibility index (Phi) is 8.80. The van der Waals surface area contributed by atoms with Crippen LogP contribution in [0.1, 0.15) is 49.9 Å². The maximum atomic E-state index is 13.1. The molecular weight excluding hydrogens is 432 g/mol. The van der Waals surface area contributed by atoms with E-state index in [-0.39, 0.29) is 10.8 Å². The molecule has 3 aromatic carbocycles. The van der Waals surface area contributed by atoms with E-state index in [0.29, 0.717) is 24.3 Å². The Morgan fingerprint density at radius 3 is 1.85 bits per heavy atom. The van der Waals surface area contributed by atoms with Gasteiger partial charge in [-0.2, -0.15) is 4.31 Å². The summed E-state index contributed by atoms with van der Waals surface area (Å²) in [5.41, 5.74) is 3.22. The number of nitrogens with zero attached hydrogens (tertiary/aromatic N) is 1. The summed E-state index contributed by atoms with van der Waals surface area (Å²) in [6.45, 7) is 5.15. The molecule has 0 aliphatic rings. The summed E-state index contributed by atoms with van der Waals surface area (Å²) in [7, 11) is -3.55. The molecule has 6 heteroatoms. The van der Waals surface area contributed by atoms with E-state index < -0.39 is 10.0 Å². The summed E-state index contributed by atoms with van der Waals surface area (Å²) in [6, 6.07) is 23.8. The van der Waals surface area contributed by atoms with Crippen LogP contribution in [0.4, 0.5) is 5.69 Å². The van der Waals surface area contributed by atoms with E-state index in [4.69, 9.17) is 0 Å². The summed E-state index contributed by atoms with van der Waals surface area (Å²) in [5, 5.41) is 2.85. The van der Waals surface area contributed by atoms with Gasteiger partial charge >= 0.3 is 0 Å². The topological polar surface area (TPSA) is 66.5 Å². The van der Waals surface area contributed by atoms with Crippen LogP contribution in [0.5, 0.6) is 0 Å². The second-order valence-corrected chi connectivity index (χ2v) is 9.97. The van der Waals surface area contributed by atoms with Crippen LogP contribution in [-0.4, -0.2) is 31.7 Å². The molecule has 0 aliphatic carbocycles. The number of hydrogen-bond donors (Lipinski definition) is 1. The zero-order chi connectivity index (χ0) is 23.7. The molecule has 1 amide bonds. The number of carbonyl (C=O) groups is 1. The minimum absolute atomic E-state index is 0.238. The van der Waals surface area contributed by atoms with E-state index in [1.807, 2.05) is 42.5 Å². The predicted molar refractivity (Wildman–Crippen MR) is 135 cm³/mol. The molecule has 0 atom stereocenters. The van der Waals surface area contributed by atoms with Gasteiger partial charge in [-0.05, 0) is 60.4 Å². The molecule has 0 saturated carbocycles. The van der Waals surface area contributed by atoms with E-state index >= 15 is 0 Å². The molecule has 5 nitrogen and oxygen atoms in total. The highest BCUT2D eigenvalue weighted by Crippen LogP contribution is 2.22. The molecule has 0 fully saturated rings. The van der Waals surface area contributed by atoms with Crippen LogP contribution in [0.15, 0.2) is 83.8 Å². The van der Waals surface area contributed by atoms with Crippen LogP contribution in [0.3, 0.4) is 0 Å². The molecule has 3 rings (SSSR count). The molecule has 0 bridgehead atoms. The Morgan fingerprint density at radius 2 is 1.30 bits per heavy atom. The number of hydrogen-bond acceptors (Lipinski definition) is 3. The maximum absolute atomic E-state index is 13.1. The lowest BCUT2D eigenvalue weighted by atomic mass is 10.0. The van der Waals surface area contributed by atoms with Crippen molar-refractivity contribution in [2.45, 2.75) is 44.4 Å². The van der Waals surface area contributed by atoms with E-state index in [1.165, 1.54) is 0 Å². The number of amides is 1. The van der Waals surface area contributed by atoms with Crippen LogP contribution in [-0.2, 0) is 10.0 Å².